The van der Waals surface area contributed by atoms with E-state index in [1.165, 1.54) is 5.01 Å². The SMILES string of the molecule is CC(=N)c1ccc(C=O)cc1NCCCCCCCC#Cc1cccc2c1CN(NC=O)C2=O. The summed E-state index contributed by atoms with van der Waals surface area (Å²) in [5.74, 6) is 6.19. The number of benzene rings is 2. The Balaban J connectivity index is 1.36. The fourth-order valence-corrected chi connectivity index (χ4v) is 3.98. The first-order valence-corrected chi connectivity index (χ1v) is 11.6. The quantitative estimate of drug-likeness (QED) is 0.191. The number of hydrogen-bond acceptors (Lipinski definition) is 5. The van der Waals surface area contributed by atoms with Crippen LogP contribution >= 0.6 is 0 Å². The van der Waals surface area contributed by atoms with Gasteiger partial charge in [0.05, 0.1) is 6.54 Å². The van der Waals surface area contributed by atoms with E-state index < -0.39 is 0 Å². The van der Waals surface area contributed by atoms with Crippen molar-refractivity contribution < 1.29 is 14.4 Å². The molecule has 3 rings (SSSR count). The molecule has 2 amide bonds. The zero-order valence-corrected chi connectivity index (χ0v) is 19.4. The Labute approximate surface area is 200 Å². The monoisotopic (exact) mass is 458 g/mol. The van der Waals surface area contributed by atoms with Crippen LogP contribution in [0.3, 0.4) is 0 Å². The van der Waals surface area contributed by atoms with Crippen molar-refractivity contribution in [2.45, 2.75) is 52.0 Å². The van der Waals surface area contributed by atoms with E-state index in [0.29, 0.717) is 29.8 Å². The summed E-state index contributed by atoms with van der Waals surface area (Å²) in [6.45, 7) is 2.89. The molecule has 7 nitrogen and oxygen atoms in total. The van der Waals surface area contributed by atoms with Crippen LogP contribution in [0.25, 0.3) is 0 Å². The lowest BCUT2D eigenvalue weighted by Gasteiger charge is -2.12. The molecule has 7 heteroatoms. The summed E-state index contributed by atoms with van der Waals surface area (Å²) < 4.78 is 0. The second-order valence-electron chi connectivity index (χ2n) is 8.26. The number of hydrazine groups is 1. The van der Waals surface area contributed by atoms with E-state index in [4.69, 9.17) is 5.41 Å². The van der Waals surface area contributed by atoms with Gasteiger partial charge in [-0.2, -0.15) is 0 Å². The Kier molecular flexibility index (Phi) is 8.98. The second kappa shape index (κ2) is 12.4. The molecule has 2 aromatic carbocycles. The molecule has 34 heavy (non-hydrogen) atoms. The van der Waals surface area contributed by atoms with E-state index in [1.807, 2.05) is 18.2 Å². The summed E-state index contributed by atoms with van der Waals surface area (Å²) in [7, 11) is 0. The number of carbonyl (C=O) groups is 3. The molecular weight excluding hydrogens is 428 g/mol. The first-order chi connectivity index (χ1) is 16.5. The van der Waals surface area contributed by atoms with E-state index in [1.54, 1.807) is 25.1 Å². The van der Waals surface area contributed by atoms with E-state index in [2.05, 4.69) is 22.6 Å². The van der Waals surface area contributed by atoms with Crippen molar-refractivity contribution in [3.05, 3.63) is 64.2 Å². The molecule has 176 valence electrons. The third-order valence-electron chi connectivity index (χ3n) is 5.78. The molecule has 0 saturated carbocycles. The molecule has 0 atom stereocenters. The minimum Gasteiger partial charge on any atom is -0.384 e. The molecule has 0 aromatic heterocycles. The Hall–Kier alpha value is -3.92. The Morgan fingerprint density at radius 1 is 1.12 bits per heavy atom. The number of aldehydes is 1. The number of fused-ring (bicyclic) bond motifs is 1. The highest BCUT2D eigenvalue weighted by molar-refractivity contribution is 6.02. The van der Waals surface area contributed by atoms with Gasteiger partial charge in [0.2, 0.25) is 6.41 Å². The molecule has 2 aromatic rings. The van der Waals surface area contributed by atoms with Gasteiger partial charge in [0.25, 0.3) is 5.91 Å². The summed E-state index contributed by atoms with van der Waals surface area (Å²) >= 11 is 0. The van der Waals surface area contributed by atoms with E-state index in [9.17, 15) is 14.4 Å². The molecule has 0 fully saturated rings. The summed E-state index contributed by atoms with van der Waals surface area (Å²) in [5.41, 5.74) is 7.46. The van der Waals surface area contributed by atoms with Crippen LogP contribution in [-0.2, 0) is 11.3 Å². The predicted molar refractivity (Wildman–Crippen MR) is 133 cm³/mol. The number of anilines is 1. The number of carbonyl (C=O) groups excluding carboxylic acids is 3. The first-order valence-electron chi connectivity index (χ1n) is 11.6. The van der Waals surface area contributed by atoms with Crippen molar-refractivity contribution >= 4 is 30.0 Å². The highest BCUT2D eigenvalue weighted by atomic mass is 16.2. The average Bonchev–Trinajstić information content (AvgIpc) is 3.16. The fourth-order valence-electron chi connectivity index (χ4n) is 3.98. The zero-order valence-electron chi connectivity index (χ0n) is 19.4. The Morgan fingerprint density at radius 2 is 1.91 bits per heavy atom. The van der Waals surface area contributed by atoms with Crippen LogP contribution in [0.5, 0.6) is 0 Å². The lowest BCUT2D eigenvalue weighted by atomic mass is 10.0. The minimum absolute atomic E-state index is 0.208. The van der Waals surface area contributed by atoms with Crippen LogP contribution < -0.4 is 10.7 Å². The van der Waals surface area contributed by atoms with Crippen molar-refractivity contribution in [3.63, 3.8) is 0 Å². The molecule has 0 spiro atoms. The van der Waals surface area contributed by atoms with Crippen molar-refractivity contribution in [3.8, 4) is 11.8 Å². The van der Waals surface area contributed by atoms with Gasteiger partial charge in [0.15, 0.2) is 0 Å². The number of rotatable bonds is 12. The lowest BCUT2D eigenvalue weighted by Crippen LogP contribution is -2.36. The van der Waals surface area contributed by atoms with Gasteiger partial charge in [-0.05, 0) is 38.0 Å². The van der Waals surface area contributed by atoms with E-state index in [0.717, 1.165) is 73.7 Å². The predicted octanol–water partition coefficient (Wildman–Crippen LogP) is 4.31. The van der Waals surface area contributed by atoms with Crippen LogP contribution in [0, 0.1) is 17.3 Å². The van der Waals surface area contributed by atoms with Crippen LogP contribution in [0.2, 0.25) is 0 Å². The molecular formula is C27H30N4O3. The maximum Gasteiger partial charge on any atom is 0.272 e. The van der Waals surface area contributed by atoms with E-state index in [-0.39, 0.29) is 5.91 Å². The van der Waals surface area contributed by atoms with Gasteiger partial charge in [-0.1, -0.05) is 49.3 Å². The van der Waals surface area contributed by atoms with Crippen LogP contribution in [0.15, 0.2) is 36.4 Å². The highest BCUT2D eigenvalue weighted by Crippen LogP contribution is 2.24. The average molecular weight is 459 g/mol. The molecule has 0 saturated heterocycles. The maximum atomic E-state index is 12.2. The van der Waals surface area contributed by atoms with Gasteiger partial charge < -0.3 is 10.7 Å². The number of nitrogens with zero attached hydrogens (tertiary/aromatic N) is 1. The fraction of sp³-hybridized carbons (Fsp3) is 0.333. The molecule has 0 aliphatic carbocycles. The molecule has 0 unspecified atom stereocenters. The largest absolute Gasteiger partial charge is 0.384 e. The Morgan fingerprint density at radius 3 is 2.68 bits per heavy atom. The molecule has 1 aliphatic rings. The minimum atomic E-state index is -0.208. The van der Waals surface area contributed by atoms with Crippen molar-refractivity contribution in [1.82, 2.24) is 10.4 Å². The van der Waals surface area contributed by atoms with E-state index >= 15 is 0 Å². The maximum absolute atomic E-state index is 12.2. The second-order valence-corrected chi connectivity index (χ2v) is 8.26. The summed E-state index contributed by atoms with van der Waals surface area (Å²) in [6, 6.07) is 10.8. The van der Waals surface area contributed by atoms with Gasteiger partial charge >= 0.3 is 0 Å². The number of amides is 2. The summed E-state index contributed by atoms with van der Waals surface area (Å²) in [6.07, 6.45) is 7.48. The topological polar surface area (TPSA) is 102 Å². The molecule has 1 aliphatic heterocycles. The van der Waals surface area contributed by atoms with Gasteiger partial charge in [0, 0.05) is 52.2 Å². The normalized spacial score (nSPS) is 11.9. The van der Waals surface area contributed by atoms with Gasteiger partial charge in [-0.25, -0.2) is 5.01 Å². The third kappa shape index (κ3) is 6.32. The van der Waals surface area contributed by atoms with Crippen LogP contribution in [0.1, 0.15) is 82.9 Å². The molecule has 1 heterocycles. The molecule has 0 radical (unpaired) electrons. The smallest absolute Gasteiger partial charge is 0.272 e. The summed E-state index contributed by atoms with van der Waals surface area (Å²) in [4.78, 5) is 33.9. The van der Waals surface area contributed by atoms with Gasteiger partial charge in [-0.15, -0.1) is 0 Å². The lowest BCUT2D eigenvalue weighted by molar-refractivity contribution is -0.113. The van der Waals surface area contributed by atoms with Gasteiger partial charge in [-0.3, -0.25) is 19.8 Å². The van der Waals surface area contributed by atoms with Crippen LogP contribution in [-0.4, -0.2) is 35.9 Å². The molecule has 0 bridgehead atoms. The van der Waals surface area contributed by atoms with Crippen LogP contribution in [0.4, 0.5) is 5.69 Å². The van der Waals surface area contributed by atoms with Crippen molar-refractivity contribution in [2.75, 3.05) is 11.9 Å². The Bertz CT molecular complexity index is 1130. The standard InChI is InChI=1S/C27H30N4O3/c1-20(28)23-14-13-21(18-32)16-26(23)29-15-8-6-4-2-3-5-7-10-22-11-9-12-24-25(22)17-31(27(24)34)30-19-33/h9,11-14,16,18-19,28-29H,2-6,8,15,17H2,1H3,(H,30,33). The van der Waals surface area contributed by atoms with Crippen molar-refractivity contribution in [2.24, 2.45) is 0 Å². The summed E-state index contributed by atoms with van der Waals surface area (Å²) in [5, 5.41) is 12.5. The molecule has 3 N–H and O–H groups in total. The van der Waals surface area contributed by atoms with Gasteiger partial charge in [0.1, 0.15) is 6.29 Å². The number of hydrogen-bond donors (Lipinski definition) is 3. The highest BCUT2D eigenvalue weighted by Gasteiger charge is 2.28. The third-order valence-corrected chi connectivity index (χ3v) is 5.78. The number of unbranched alkanes of at least 4 members (excludes halogenated alkanes) is 5. The zero-order chi connectivity index (χ0) is 24.3. The first kappa shape index (κ1) is 24.7. The van der Waals surface area contributed by atoms with Crippen molar-refractivity contribution in [1.29, 1.82) is 5.41 Å². The number of nitrogens with one attached hydrogen (secondary N) is 3.